The summed E-state index contributed by atoms with van der Waals surface area (Å²) in [6.07, 6.45) is 4.76. The van der Waals surface area contributed by atoms with Crippen molar-refractivity contribution in [1.29, 1.82) is 0 Å². The quantitative estimate of drug-likeness (QED) is 0.239. The molecular weight excluding hydrogens is 615 g/mol. The van der Waals surface area contributed by atoms with Crippen LogP contribution in [0.15, 0.2) is 16.5 Å². The van der Waals surface area contributed by atoms with Crippen LogP contribution in [0.5, 0.6) is 5.75 Å². The molecule has 1 N–H and O–H groups in total. The monoisotopic (exact) mass is 660 g/mol. The minimum absolute atomic E-state index is 0.267. The van der Waals surface area contributed by atoms with Gasteiger partial charge in [0, 0.05) is 53.9 Å². The number of piperidine rings is 1. The van der Waals surface area contributed by atoms with E-state index in [1.807, 2.05) is 45.4 Å². The van der Waals surface area contributed by atoms with Crippen molar-refractivity contribution in [2.75, 3.05) is 37.7 Å². The third kappa shape index (κ3) is 5.83. The normalized spacial score (nSPS) is 18.4. The maximum Gasteiger partial charge on any atom is 0.337 e. The minimum Gasteiger partial charge on any atom is -0.490 e. The molecule has 3 aliphatic heterocycles. The van der Waals surface area contributed by atoms with Crippen molar-refractivity contribution in [3.63, 3.8) is 0 Å². The zero-order chi connectivity index (χ0) is 33.9. The van der Waals surface area contributed by atoms with Crippen molar-refractivity contribution in [3.05, 3.63) is 40.3 Å². The number of halogens is 1. The van der Waals surface area contributed by atoms with Gasteiger partial charge in [0.15, 0.2) is 17.7 Å². The van der Waals surface area contributed by atoms with Gasteiger partial charge in [0.2, 0.25) is 0 Å². The van der Waals surface area contributed by atoms with Crippen LogP contribution in [0.1, 0.15) is 81.4 Å². The van der Waals surface area contributed by atoms with Crippen LogP contribution in [-0.2, 0) is 23.0 Å². The van der Waals surface area contributed by atoms with E-state index in [-0.39, 0.29) is 5.75 Å². The summed E-state index contributed by atoms with van der Waals surface area (Å²) in [5.74, 6) is -1.03. The molecule has 0 bridgehead atoms. The second-order valence-electron chi connectivity index (χ2n) is 14.4. The Balaban J connectivity index is 1.35. The van der Waals surface area contributed by atoms with Gasteiger partial charge >= 0.3 is 12.0 Å². The topological polar surface area (TPSA) is 119 Å². The summed E-state index contributed by atoms with van der Waals surface area (Å²) in [5, 5.41) is 20.0. The molecule has 48 heavy (non-hydrogen) atoms. The molecular formula is C36H45FN6O5. The number of likely N-dealkylation sites (tertiary alicyclic amines) is 1. The summed E-state index contributed by atoms with van der Waals surface area (Å²) in [7, 11) is 1.87. The van der Waals surface area contributed by atoms with E-state index in [4.69, 9.17) is 18.9 Å². The van der Waals surface area contributed by atoms with Crippen LogP contribution in [0.4, 0.5) is 10.4 Å². The highest BCUT2D eigenvalue weighted by molar-refractivity contribution is 6.01. The molecule has 256 valence electrons. The summed E-state index contributed by atoms with van der Waals surface area (Å²) < 4.78 is 35.9. The van der Waals surface area contributed by atoms with Gasteiger partial charge in [-0.15, -0.1) is 5.10 Å². The number of aromatic nitrogens is 4. The number of fused-ring (bicyclic) bond motifs is 2. The third-order valence-electron chi connectivity index (χ3n) is 10.1. The first-order valence-electron chi connectivity index (χ1n) is 17.1. The lowest BCUT2D eigenvalue weighted by Gasteiger charge is -2.35. The van der Waals surface area contributed by atoms with Gasteiger partial charge in [-0.3, -0.25) is 0 Å². The highest BCUT2D eigenvalue weighted by Gasteiger charge is 2.35. The maximum atomic E-state index is 15.8. The number of hydrogen-bond acceptors (Lipinski definition) is 9. The van der Waals surface area contributed by atoms with Gasteiger partial charge in [0.25, 0.3) is 5.89 Å². The molecule has 1 aromatic carbocycles. The molecule has 7 rings (SSSR count). The number of carboxylic acids is 1. The van der Waals surface area contributed by atoms with Crippen molar-refractivity contribution >= 4 is 23.0 Å². The number of benzene rings is 1. The summed E-state index contributed by atoms with van der Waals surface area (Å²) in [5.41, 5.74) is 4.05. The van der Waals surface area contributed by atoms with Crippen molar-refractivity contribution in [1.82, 2.24) is 24.6 Å². The number of aliphatic carboxylic acids is 1. The molecule has 12 heteroatoms. The lowest BCUT2D eigenvalue weighted by molar-refractivity contribution is -0.160. The molecule has 4 aromatic rings. The lowest BCUT2D eigenvalue weighted by atomic mass is 9.86. The number of aryl methyl sites for hydroxylation is 2. The molecule has 0 spiro atoms. The Bertz CT molecular complexity index is 1860. The van der Waals surface area contributed by atoms with Crippen LogP contribution in [-0.4, -0.2) is 80.2 Å². The van der Waals surface area contributed by atoms with Crippen LogP contribution >= 0.6 is 0 Å². The summed E-state index contributed by atoms with van der Waals surface area (Å²) >= 11 is 0. The number of carbonyl (C=O) groups is 1. The van der Waals surface area contributed by atoms with Gasteiger partial charge < -0.3 is 33.4 Å². The average molecular weight is 661 g/mol. The van der Waals surface area contributed by atoms with Crippen LogP contribution in [0.2, 0.25) is 0 Å². The van der Waals surface area contributed by atoms with Crippen molar-refractivity contribution in [2.45, 2.75) is 90.9 Å². The predicted octanol–water partition coefficient (Wildman–Crippen LogP) is 6.38. The van der Waals surface area contributed by atoms with E-state index in [0.717, 1.165) is 43.5 Å². The molecule has 6 heterocycles. The second-order valence-corrected chi connectivity index (χ2v) is 14.4. The zero-order valence-electron chi connectivity index (χ0n) is 28.7. The molecule has 3 aliphatic rings. The second kappa shape index (κ2) is 12.5. The molecule has 0 radical (unpaired) electrons. The third-order valence-corrected chi connectivity index (χ3v) is 10.1. The zero-order valence-corrected chi connectivity index (χ0v) is 28.7. The molecule has 1 atom stereocenters. The van der Waals surface area contributed by atoms with Gasteiger partial charge in [-0.25, -0.2) is 14.2 Å². The standard InChI is InChI=1S/C36H45FN6O5/c1-20-23-10-9-17-46-30(23)26(37)18-24(20)29-25-19-27(41(6)32(25)38-21(2)28(29)31(34(44)45)48-36(3,4)5)33-39-40-35(47-33)43-15-11-22(12-16-43)42-13-7-8-14-42/h18-19,22,31H,7-17H2,1-6H3,(H,44,45)/t31-/m0/s1. The van der Waals surface area contributed by atoms with E-state index in [9.17, 15) is 9.90 Å². The molecule has 0 aliphatic carbocycles. The van der Waals surface area contributed by atoms with Gasteiger partial charge in [-0.1, -0.05) is 5.10 Å². The summed E-state index contributed by atoms with van der Waals surface area (Å²) in [6, 6.07) is 4.43. The van der Waals surface area contributed by atoms with Gasteiger partial charge in [0.05, 0.1) is 12.2 Å². The molecule has 0 amide bonds. The Kier molecular flexibility index (Phi) is 8.43. The molecule has 3 aromatic heterocycles. The number of rotatable bonds is 7. The first kappa shape index (κ1) is 32.5. The Morgan fingerprint density at radius 1 is 1.08 bits per heavy atom. The largest absolute Gasteiger partial charge is 0.490 e. The Morgan fingerprint density at radius 3 is 2.50 bits per heavy atom. The maximum absolute atomic E-state index is 15.8. The lowest BCUT2D eigenvalue weighted by Crippen LogP contribution is -2.44. The highest BCUT2D eigenvalue weighted by Crippen LogP contribution is 2.45. The molecule has 11 nitrogen and oxygen atoms in total. The number of nitrogens with zero attached hydrogens (tertiary/aromatic N) is 6. The van der Waals surface area contributed by atoms with Gasteiger partial charge in [0.1, 0.15) is 11.3 Å². The number of anilines is 1. The average Bonchev–Trinajstić information content (AvgIpc) is 3.83. The van der Waals surface area contributed by atoms with Crippen LogP contribution in [0.3, 0.4) is 0 Å². The van der Waals surface area contributed by atoms with Crippen molar-refractivity contribution in [2.24, 2.45) is 7.05 Å². The fourth-order valence-electron chi connectivity index (χ4n) is 7.75. The van der Waals surface area contributed by atoms with Crippen molar-refractivity contribution in [3.8, 4) is 28.5 Å². The van der Waals surface area contributed by atoms with E-state index in [0.29, 0.717) is 70.1 Å². The van der Waals surface area contributed by atoms with E-state index >= 15 is 4.39 Å². The first-order valence-corrected chi connectivity index (χ1v) is 17.1. The smallest absolute Gasteiger partial charge is 0.337 e. The number of hydrogen-bond donors (Lipinski definition) is 1. The molecule has 2 saturated heterocycles. The van der Waals surface area contributed by atoms with E-state index in [1.165, 1.54) is 32.0 Å². The number of carboxylic acid groups (broad SMARTS) is 1. The van der Waals surface area contributed by atoms with Gasteiger partial charge in [-0.05, 0) is 109 Å². The summed E-state index contributed by atoms with van der Waals surface area (Å²) in [4.78, 5) is 22.6. The van der Waals surface area contributed by atoms with Crippen LogP contribution < -0.4 is 9.64 Å². The van der Waals surface area contributed by atoms with E-state index in [1.54, 1.807) is 6.92 Å². The minimum atomic E-state index is -1.35. The highest BCUT2D eigenvalue weighted by atomic mass is 19.1. The number of ether oxygens (including phenoxy) is 2. The van der Waals surface area contributed by atoms with E-state index < -0.39 is 23.5 Å². The Morgan fingerprint density at radius 2 is 1.81 bits per heavy atom. The first-order chi connectivity index (χ1) is 22.9. The molecule has 0 unspecified atom stereocenters. The van der Waals surface area contributed by atoms with Crippen LogP contribution in [0, 0.1) is 19.7 Å². The van der Waals surface area contributed by atoms with Crippen molar-refractivity contribution < 1.29 is 28.2 Å². The predicted molar refractivity (Wildman–Crippen MR) is 180 cm³/mol. The van der Waals surface area contributed by atoms with E-state index in [2.05, 4.69) is 20.0 Å². The fourth-order valence-corrected chi connectivity index (χ4v) is 7.75. The fraction of sp³-hybridized carbons (Fsp3) is 0.556. The summed E-state index contributed by atoms with van der Waals surface area (Å²) in [6.45, 7) is 13.7. The van der Waals surface area contributed by atoms with Gasteiger partial charge in [-0.2, -0.15) is 0 Å². The SMILES string of the molecule is Cc1nc2c(cc(-c3nnc(N4CCC(N5CCCC5)CC4)o3)n2C)c(-c2cc(F)c3c(c2C)CCCO3)c1[C@H](OC(C)(C)C)C(=O)O. The molecule has 2 fully saturated rings. The number of pyridine rings is 1. The molecule has 0 saturated carbocycles. The Hall–Kier alpha value is -4.03. The van der Waals surface area contributed by atoms with Crippen LogP contribution in [0.25, 0.3) is 33.7 Å². The Labute approximate surface area is 280 Å².